The lowest BCUT2D eigenvalue weighted by atomic mass is 9.60. The largest absolute Gasteiger partial charge is 0.393 e. The van der Waals surface area contributed by atoms with Gasteiger partial charge in [0, 0.05) is 11.8 Å². The van der Waals surface area contributed by atoms with E-state index in [2.05, 4.69) is 20.4 Å². The summed E-state index contributed by atoms with van der Waals surface area (Å²) < 4.78 is 0. The first-order chi connectivity index (χ1) is 14.8. The summed E-state index contributed by atoms with van der Waals surface area (Å²) in [6, 6.07) is 0. The first-order valence-electron chi connectivity index (χ1n) is 12.5. The van der Waals surface area contributed by atoms with Crippen molar-refractivity contribution in [2.45, 2.75) is 103 Å². The van der Waals surface area contributed by atoms with Crippen LogP contribution in [0, 0.1) is 29.1 Å². The minimum Gasteiger partial charge on any atom is -0.393 e. The highest BCUT2D eigenvalue weighted by atomic mass is 16.6. The van der Waals surface area contributed by atoms with Gasteiger partial charge < -0.3 is 25.5 Å². The first-order valence-corrected chi connectivity index (χ1v) is 12.5. The Morgan fingerprint density at radius 1 is 1.03 bits per heavy atom. The third-order valence-electron chi connectivity index (χ3n) is 8.50. The second-order valence-corrected chi connectivity index (χ2v) is 11.5. The Balaban J connectivity index is 1.94. The molecule has 3 rings (SSSR count). The van der Waals surface area contributed by atoms with Crippen molar-refractivity contribution in [3.05, 3.63) is 35.5 Å². The van der Waals surface area contributed by atoms with E-state index in [9.17, 15) is 25.5 Å². The van der Waals surface area contributed by atoms with Crippen LogP contribution in [0.2, 0.25) is 0 Å². The highest BCUT2D eigenvalue weighted by Crippen LogP contribution is 2.65. The summed E-state index contributed by atoms with van der Waals surface area (Å²) in [5.41, 5.74) is 2.21. The minimum atomic E-state index is -2.62. The van der Waals surface area contributed by atoms with Gasteiger partial charge in [0.05, 0.1) is 6.10 Å². The summed E-state index contributed by atoms with van der Waals surface area (Å²) in [5.74, 6) is -6.05. The molecule has 0 aliphatic heterocycles. The van der Waals surface area contributed by atoms with Crippen molar-refractivity contribution >= 4 is 0 Å². The zero-order valence-electron chi connectivity index (χ0n) is 20.3. The van der Waals surface area contributed by atoms with Crippen LogP contribution in [0.5, 0.6) is 0 Å². The van der Waals surface area contributed by atoms with Gasteiger partial charge in [-0.3, -0.25) is 0 Å². The molecule has 5 heteroatoms. The van der Waals surface area contributed by atoms with E-state index >= 15 is 0 Å². The molecule has 3 aliphatic carbocycles. The average molecular weight is 449 g/mol. The van der Waals surface area contributed by atoms with E-state index in [1.807, 2.05) is 26.0 Å². The molecule has 182 valence electrons. The summed E-state index contributed by atoms with van der Waals surface area (Å²) >= 11 is 0. The molecule has 5 atom stereocenters. The fourth-order valence-corrected chi connectivity index (χ4v) is 6.98. The SMILES string of the molecule is C=C1CC[C@H](O)C/C1=C\C=C1/CCC[C@@]2(C)[C@H]1C(O)(O)C(O)(O)[C@@H]2[C@H](C)CCCC(C)C. The summed E-state index contributed by atoms with van der Waals surface area (Å²) in [7, 11) is 0. The predicted octanol–water partition coefficient (Wildman–Crippen LogP) is 4.20. The van der Waals surface area contributed by atoms with Crippen LogP contribution >= 0.6 is 0 Å². The van der Waals surface area contributed by atoms with Crippen LogP contribution in [-0.4, -0.2) is 43.2 Å². The van der Waals surface area contributed by atoms with Crippen molar-refractivity contribution in [1.29, 1.82) is 0 Å². The Morgan fingerprint density at radius 2 is 1.72 bits per heavy atom. The van der Waals surface area contributed by atoms with Crippen molar-refractivity contribution in [3.63, 3.8) is 0 Å². The highest BCUT2D eigenvalue weighted by molar-refractivity contribution is 5.37. The molecule has 0 unspecified atom stereocenters. The molecule has 3 fully saturated rings. The van der Waals surface area contributed by atoms with Crippen molar-refractivity contribution in [2.24, 2.45) is 29.1 Å². The normalized spacial score (nSPS) is 37.8. The van der Waals surface area contributed by atoms with Gasteiger partial charge in [0.2, 0.25) is 11.6 Å². The summed E-state index contributed by atoms with van der Waals surface area (Å²) in [6.07, 6.45) is 10.7. The standard InChI is InChI=1S/C27H44O5/c1-17(2)8-6-9-19(4)23-25(5)15-7-10-20(24(25)27(31,32)26(23,29)30)12-13-21-16-22(28)14-11-18(21)3/h12-13,17,19,22-24,28-32H,3,6-11,14-16H2,1-2,4-5H3/b20-12+,21-13+/t19-,22+,23-,24+,25-/m1/s1. The maximum absolute atomic E-state index is 11.2. The van der Waals surface area contributed by atoms with Gasteiger partial charge >= 0.3 is 0 Å². The Labute approximate surface area is 193 Å². The number of hydrogen-bond acceptors (Lipinski definition) is 5. The number of aliphatic hydroxyl groups excluding tert-OH is 1. The number of rotatable bonds is 6. The smallest absolute Gasteiger partial charge is 0.225 e. The van der Waals surface area contributed by atoms with E-state index in [-0.39, 0.29) is 12.0 Å². The Morgan fingerprint density at radius 3 is 2.38 bits per heavy atom. The second-order valence-electron chi connectivity index (χ2n) is 11.5. The molecule has 0 amide bonds. The Hall–Kier alpha value is -0.980. The second kappa shape index (κ2) is 9.34. The molecule has 32 heavy (non-hydrogen) atoms. The van der Waals surface area contributed by atoms with Crippen LogP contribution in [-0.2, 0) is 0 Å². The average Bonchev–Trinajstić information content (AvgIpc) is 2.80. The lowest BCUT2D eigenvalue weighted by molar-refractivity contribution is -0.365. The van der Waals surface area contributed by atoms with E-state index in [1.165, 1.54) is 0 Å². The van der Waals surface area contributed by atoms with E-state index in [0.29, 0.717) is 18.8 Å². The maximum Gasteiger partial charge on any atom is 0.225 e. The molecular formula is C27H44O5. The third-order valence-corrected chi connectivity index (χ3v) is 8.50. The Bertz CT molecular complexity index is 762. The molecule has 0 saturated heterocycles. The molecule has 0 aromatic rings. The topological polar surface area (TPSA) is 101 Å². The van der Waals surface area contributed by atoms with E-state index < -0.39 is 28.8 Å². The third kappa shape index (κ3) is 4.52. The predicted molar refractivity (Wildman–Crippen MR) is 126 cm³/mol. The van der Waals surface area contributed by atoms with E-state index in [0.717, 1.165) is 61.7 Å². The van der Waals surface area contributed by atoms with Crippen molar-refractivity contribution in [1.82, 2.24) is 0 Å². The Kier molecular flexibility index (Phi) is 7.49. The molecule has 0 bridgehead atoms. The molecule has 3 saturated carbocycles. The molecule has 5 N–H and O–H groups in total. The van der Waals surface area contributed by atoms with Crippen LogP contribution in [0.4, 0.5) is 0 Å². The van der Waals surface area contributed by atoms with Gasteiger partial charge in [-0.25, -0.2) is 0 Å². The van der Waals surface area contributed by atoms with Gasteiger partial charge in [0.25, 0.3) is 0 Å². The van der Waals surface area contributed by atoms with Crippen LogP contribution in [0.15, 0.2) is 35.5 Å². The number of allylic oxidation sites excluding steroid dienone is 3. The monoisotopic (exact) mass is 448 g/mol. The van der Waals surface area contributed by atoms with Gasteiger partial charge in [-0.1, -0.05) is 76.8 Å². The fraction of sp³-hybridized carbons (Fsp3) is 0.778. The molecule has 3 aliphatic rings. The summed E-state index contributed by atoms with van der Waals surface area (Å²) in [5, 5.41) is 54.6. The minimum absolute atomic E-state index is 0.0524. The van der Waals surface area contributed by atoms with Crippen LogP contribution in [0.25, 0.3) is 0 Å². The molecule has 5 nitrogen and oxygen atoms in total. The van der Waals surface area contributed by atoms with Crippen LogP contribution < -0.4 is 0 Å². The van der Waals surface area contributed by atoms with Gasteiger partial charge in [-0.2, -0.15) is 0 Å². The molecule has 0 spiro atoms. The first kappa shape index (κ1) is 25.6. The maximum atomic E-state index is 11.2. The fourth-order valence-electron chi connectivity index (χ4n) is 6.98. The molecule has 0 aromatic heterocycles. The van der Waals surface area contributed by atoms with Gasteiger partial charge in [0.1, 0.15) is 0 Å². The van der Waals surface area contributed by atoms with Crippen molar-refractivity contribution in [3.8, 4) is 0 Å². The number of aliphatic hydroxyl groups is 5. The van der Waals surface area contributed by atoms with Gasteiger partial charge in [-0.05, 0) is 61.3 Å². The van der Waals surface area contributed by atoms with E-state index in [4.69, 9.17) is 0 Å². The quantitative estimate of drug-likeness (QED) is 0.392. The molecule has 0 radical (unpaired) electrons. The lowest BCUT2D eigenvalue weighted by Gasteiger charge is -2.44. The van der Waals surface area contributed by atoms with Gasteiger partial charge in [0.15, 0.2) is 0 Å². The van der Waals surface area contributed by atoms with Gasteiger partial charge in [-0.15, -0.1) is 0 Å². The molecule has 0 heterocycles. The lowest BCUT2D eigenvalue weighted by Crippen LogP contribution is -2.57. The van der Waals surface area contributed by atoms with Crippen LogP contribution in [0.3, 0.4) is 0 Å². The van der Waals surface area contributed by atoms with Crippen LogP contribution in [0.1, 0.15) is 85.5 Å². The zero-order valence-corrected chi connectivity index (χ0v) is 20.3. The number of hydrogen-bond donors (Lipinski definition) is 5. The van der Waals surface area contributed by atoms with Crippen molar-refractivity contribution < 1.29 is 25.5 Å². The highest BCUT2D eigenvalue weighted by Gasteiger charge is 2.74. The van der Waals surface area contributed by atoms with Crippen molar-refractivity contribution in [2.75, 3.05) is 0 Å². The van der Waals surface area contributed by atoms with E-state index in [1.54, 1.807) is 0 Å². The summed E-state index contributed by atoms with van der Waals surface area (Å²) in [6.45, 7) is 12.5. The zero-order chi connectivity index (χ0) is 23.9. The molecule has 0 aromatic carbocycles. The number of fused-ring (bicyclic) bond motifs is 1. The summed E-state index contributed by atoms with van der Waals surface area (Å²) in [4.78, 5) is 0. The molecular weight excluding hydrogens is 404 g/mol.